The van der Waals surface area contributed by atoms with E-state index in [1.165, 1.54) is 45.4 Å². The van der Waals surface area contributed by atoms with Crippen LogP contribution in [0.5, 0.6) is 0 Å². The first-order valence-corrected chi connectivity index (χ1v) is 7.16. The summed E-state index contributed by atoms with van der Waals surface area (Å²) in [5.41, 5.74) is 0.132. The number of hydrogen-bond donors (Lipinski definition) is 1. The molecule has 0 bridgehead atoms. The van der Waals surface area contributed by atoms with Crippen molar-refractivity contribution < 1.29 is 19.4 Å². The maximum absolute atomic E-state index is 11.3. The Morgan fingerprint density at radius 3 is 2.05 bits per heavy atom. The summed E-state index contributed by atoms with van der Waals surface area (Å²) in [5.74, 6) is -1.66. The zero-order valence-electron chi connectivity index (χ0n) is 12.1. The molecular weight excluding hydrogens is 244 g/mol. The number of carboxylic acids is 1. The number of ether oxygens (including phenoxy) is 1. The third-order valence-corrected chi connectivity index (χ3v) is 2.89. The van der Waals surface area contributed by atoms with Gasteiger partial charge < -0.3 is 9.84 Å². The van der Waals surface area contributed by atoms with Crippen LogP contribution in [0.15, 0.2) is 11.6 Å². The molecule has 0 aliphatic carbocycles. The van der Waals surface area contributed by atoms with Gasteiger partial charge in [-0.2, -0.15) is 0 Å². The van der Waals surface area contributed by atoms with Crippen LogP contribution >= 0.6 is 0 Å². The summed E-state index contributed by atoms with van der Waals surface area (Å²) in [4.78, 5) is 21.7. The van der Waals surface area contributed by atoms with Crippen molar-refractivity contribution in [3.63, 3.8) is 0 Å². The standard InChI is InChI=1S/C15H26O4/c1-3-4-5-6-7-8-9-10-11-19-15(18)13(2)12-14(16)17/h12H,3-11H2,1-2H3,(H,16,17)/b13-12-. The highest BCUT2D eigenvalue weighted by molar-refractivity contribution is 5.95. The molecule has 4 heteroatoms. The smallest absolute Gasteiger partial charge is 0.333 e. The van der Waals surface area contributed by atoms with E-state index in [-0.39, 0.29) is 5.57 Å². The van der Waals surface area contributed by atoms with E-state index in [1.54, 1.807) is 0 Å². The first-order chi connectivity index (χ1) is 9.07. The number of carbonyl (C=O) groups is 2. The summed E-state index contributed by atoms with van der Waals surface area (Å²) in [6.45, 7) is 4.03. The maximum Gasteiger partial charge on any atom is 0.333 e. The molecule has 0 amide bonds. The quantitative estimate of drug-likeness (QED) is 0.353. The monoisotopic (exact) mass is 270 g/mol. The molecular formula is C15H26O4. The van der Waals surface area contributed by atoms with Crippen LogP contribution in [0.2, 0.25) is 0 Å². The van der Waals surface area contributed by atoms with E-state index in [0.717, 1.165) is 18.9 Å². The summed E-state index contributed by atoms with van der Waals surface area (Å²) in [7, 11) is 0. The molecule has 1 N–H and O–H groups in total. The zero-order valence-corrected chi connectivity index (χ0v) is 12.1. The molecule has 0 rings (SSSR count). The molecule has 0 aliphatic heterocycles. The SMILES string of the molecule is CCCCCCCCCCOC(=O)/C(C)=C\C(=O)O. The van der Waals surface area contributed by atoms with Crippen molar-refractivity contribution >= 4 is 11.9 Å². The highest BCUT2D eigenvalue weighted by atomic mass is 16.5. The van der Waals surface area contributed by atoms with E-state index in [9.17, 15) is 9.59 Å². The van der Waals surface area contributed by atoms with Gasteiger partial charge in [-0.15, -0.1) is 0 Å². The Morgan fingerprint density at radius 1 is 1.00 bits per heavy atom. The van der Waals surface area contributed by atoms with E-state index in [0.29, 0.717) is 6.61 Å². The largest absolute Gasteiger partial charge is 0.478 e. The van der Waals surface area contributed by atoms with E-state index in [1.807, 2.05) is 0 Å². The molecule has 0 heterocycles. The van der Waals surface area contributed by atoms with Gasteiger partial charge in [-0.05, 0) is 13.3 Å². The average Bonchev–Trinajstić information content (AvgIpc) is 2.35. The van der Waals surface area contributed by atoms with Crippen molar-refractivity contribution in [1.82, 2.24) is 0 Å². The Labute approximate surface area is 115 Å². The third kappa shape index (κ3) is 11.5. The van der Waals surface area contributed by atoms with Crippen molar-refractivity contribution in [3.05, 3.63) is 11.6 Å². The summed E-state index contributed by atoms with van der Waals surface area (Å²) >= 11 is 0. The zero-order chi connectivity index (χ0) is 14.5. The van der Waals surface area contributed by atoms with Gasteiger partial charge in [0.25, 0.3) is 0 Å². The third-order valence-electron chi connectivity index (χ3n) is 2.89. The Morgan fingerprint density at radius 2 is 1.53 bits per heavy atom. The Balaban J connectivity index is 3.44. The van der Waals surface area contributed by atoms with Crippen molar-refractivity contribution in [1.29, 1.82) is 0 Å². The van der Waals surface area contributed by atoms with Gasteiger partial charge in [-0.25, -0.2) is 9.59 Å². The van der Waals surface area contributed by atoms with Gasteiger partial charge in [-0.3, -0.25) is 0 Å². The number of unbranched alkanes of at least 4 members (excludes halogenated alkanes) is 7. The van der Waals surface area contributed by atoms with E-state index in [2.05, 4.69) is 6.92 Å². The highest BCUT2D eigenvalue weighted by Gasteiger charge is 2.06. The Hall–Kier alpha value is -1.32. The lowest BCUT2D eigenvalue weighted by Crippen LogP contribution is -2.08. The van der Waals surface area contributed by atoms with Gasteiger partial charge in [0.05, 0.1) is 6.61 Å². The first-order valence-electron chi connectivity index (χ1n) is 7.16. The molecule has 0 spiro atoms. The fourth-order valence-corrected chi connectivity index (χ4v) is 1.76. The Kier molecular flexibility index (Phi) is 10.9. The molecule has 19 heavy (non-hydrogen) atoms. The molecule has 0 aromatic heterocycles. The lowest BCUT2D eigenvalue weighted by Gasteiger charge is -2.04. The molecule has 0 aliphatic rings. The van der Waals surface area contributed by atoms with Gasteiger partial charge in [0.15, 0.2) is 0 Å². The van der Waals surface area contributed by atoms with Gasteiger partial charge in [0.1, 0.15) is 0 Å². The molecule has 110 valence electrons. The summed E-state index contributed by atoms with van der Waals surface area (Å²) in [6.07, 6.45) is 10.4. The van der Waals surface area contributed by atoms with E-state index in [4.69, 9.17) is 9.84 Å². The van der Waals surface area contributed by atoms with Crippen LogP contribution in [0.1, 0.15) is 65.2 Å². The van der Waals surface area contributed by atoms with Gasteiger partial charge in [0.2, 0.25) is 0 Å². The van der Waals surface area contributed by atoms with Crippen LogP contribution in [0.4, 0.5) is 0 Å². The molecule has 0 atom stereocenters. The molecule has 0 radical (unpaired) electrons. The molecule has 0 aromatic rings. The van der Waals surface area contributed by atoms with Crippen LogP contribution in [0.25, 0.3) is 0 Å². The average molecular weight is 270 g/mol. The fourth-order valence-electron chi connectivity index (χ4n) is 1.76. The van der Waals surface area contributed by atoms with Crippen LogP contribution in [0.3, 0.4) is 0 Å². The minimum absolute atomic E-state index is 0.132. The lowest BCUT2D eigenvalue weighted by molar-refractivity contribution is -0.140. The molecule has 0 fully saturated rings. The fraction of sp³-hybridized carbons (Fsp3) is 0.733. The Bertz CT molecular complexity index is 295. The van der Waals surface area contributed by atoms with Crippen molar-refractivity contribution in [3.8, 4) is 0 Å². The summed E-state index contributed by atoms with van der Waals surface area (Å²) < 4.78 is 4.98. The normalized spacial score (nSPS) is 11.4. The van der Waals surface area contributed by atoms with E-state index >= 15 is 0 Å². The number of carboxylic acid groups (broad SMARTS) is 1. The number of carbonyl (C=O) groups excluding carboxylic acids is 1. The highest BCUT2D eigenvalue weighted by Crippen LogP contribution is 2.08. The summed E-state index contributed by atoms with van der Waals surface area (Å²) in [5, 5.41) is 8.48. The van der Waals surface area contributed by atoms with Crippen molar-refractivity contribution in [2.75, 3.05) is 6.61 Å². The van der Waals surface area contributed by atoms with Gasteiger partial charge in [0, 0.05) is 11.6 Å². The number of rotatable bonds is 11. The van der Waals surface area contributed by atoms with Crippen molar-refractivity contribution in [2.24, 2.45) is 0 Å². The van der Waals surface area contributed by atoms with E-state index < -0.39 is 11.9 Å². The lowest BCUT2D eigenvalue weighted by atomic mass is 10.1. The van der Waals surface area contributed by atoms with Crippen LogP contribution in [0, 0.1) is 0 Å². The van der Waals surface area contributed by atoms with Gasteiger partial charge >= 0.3 is 11.9 Å². The minimum atomic E-state index is -1.12. The van der Waals surface area contributed by atoms with Crippen LogP contribution in [-0.2, 0) is 14.3 Å². The minimum Gasteiger partial charge on any atom is -0.478 e. The predicted octanol–water partition coefficient (Wildman–Crippen LogP) is 3.70. The molecule has 0 saturated heterocycles. The van der Waals surface area contributed by atoms with Crippen LogP contribution in [-0.4, -0.2) is 23.7 Å². The second-order valence-electron chi connectivity index (χ2n) is 4.78. The first kappa shape index (κ1) is 17.7. The number of esters is 1. The van der Waals surface area contributed by atoms with Gasteiger partial charge in [-0.1, -0.05) is 51.9 Å². The molecule has 0 saturated carbocycles. The topological polar surface area (TPSA) is 63.6 Å². The molecule has 0 aromatic carbocycles. The molecule has 4 nitrogen and oxygen atoms in total. The number of aliphatic carboxylic acids is 1. The second-order valence-corrected chi connectivity index (χ2v) is 4.78. The van der Waals surface area contributed by atoms with Crippen molar-refractivity contribution in [2.45, 2.75) is 65.2 Å². The molecule has 0 unspecified atom stereocenters. The maximum atomic E-state index is 11.3. The number of hydrogen-bond acceptors (Lipinski definition) is 3. The predicted molar refractivity (Wildman–Crippen MR) is 75.0 cm³/mol. The summed E-state index contributed by atoms with van der Waals surface area (Å²) in [6, 6.07) is 0. The van der Waals surface area contributed by atoms with Crippen LogP contribution < -0.4 is 0 Å². The second kappa shape index (κ2) is 11.8.